The third-order valence-corrected chi connectivity index (χ3v) is 6.37. The largest absolute Gasteiger partial charge is 0.378 e. The van der Waals surface area contributed by atoms with Crippen molar-refractivity contribution < 1.29 is 14.3 Å². The van der Waals surface area contributed by atoms with Crippen molar-refractivity contribution in [1.29, 1.82) is 0 Å². The summed E-state index contributed by atoms with van der Waals surface area (Å²) < 4.78 is 5.51. The van der Waals surface area contributed by atoms with E-state index < -0.39 is 0 Å². The van der Waals surface area contributed by atoms with Gasteiger partial charge in [-0.15, -0.1) is 0 Å². The Morgan fingerprint density at radius 2 is 1.50 bits per heavy atom. The predicted molar refractivity (Wildman–Crippen MR) is 142 cm³/mol. The third-order valence-electron chi connectivity index (χ3n) is 6.37. The molecule has 0 unspecified atom stereocenters. The summed E-state index contributed by atoms with van der Waals surface area (Å²) in [4.78, 5) is 44.7. The molecule has 3 aromatic rings. The molecule has 0 bridgehead atoms. The maximum Gasteiger partial charge on any atom is 0.323 e. The summed E-state index contributed by atoms with van der Waals surface area (Å²) in [7, 11) is 0. The van der Waals surface area contributed by atoms with Crippen LogP contribution < -0.4 is 20.4 Å². The van der Waals surface area contributed by atoms with Gasteiger partial charge in [0.05, 0.1) is 31.3 Å². The van der Waals surface area contributed by atoms with E-state index in [1.165, 1.54) is 12.4 Å². The van der Waals surface area contributed by atoms with Crippen LogP contribution in [-0.2, 0) is 9.53 Å². The van der Waals surface area contributed by atoms with E-state index in [1.807, 2.05) is 17.0 Å². The molecule has 13 heteroatoms. The quantitative estimate of drug-likeness (QED) is 0.514. The van der Waals surface area contributed by atoms with E-state index in [0.717, 1.165) is 25.1 Å². The molecular formula is C25H30N10O3. The second-order valence-electron chi connectivity index (χ2n) is 8.99. The van der Waals surface area contributed by atoms with Crippen LogP contribution in [0.1, 0.15) is 13.3 Å². The van der Waals surface area contributed by atoms with Crippen LogP contribution in [0.15, 0.2) is 42.7 Å². The lowest BCUT2D eigenvalue weighted by Gasteiger charge is -2.28. The lowest BCUT2D eigenvalue weighted by molar-refractivity contribution is -0.128. The Morgan fingerprint density at radius 1 is 0.789 bits per heavy atom. The number of hydrogen-bond donors (Lipinski definition) is 2. The normalized spacial score (nSPS) is 16.1. The van der Waals surface area contributed by atoms with Gasteiger partial charge in [0, 0.05) is 57.4 Å². The minimum Gasteiger partial charge on any atom is -0.378 e. The standard InChI is InChI=1S/C25H30N10O3/c1-18(36)33-9-2-10-34(12-11-33)23-30-22(31-24(32-23)35-13-15-38-16-14-35)19-3-5-20(6-4-19)28-25(37)29-21-7-8-26-27-17-21/h3-8,17H,2,9-16H2,1H3,(H2,26,28,29,37). The molecule has 2 aliphatic rings. The monoisotopic (exact) mass is 518 g/mol. The summed E-state index contributed by atoms with van der Waals surface area (Å²) >= 11 is 0. The highest BCUT2D eigenvalue weighted by atomic mass is 16.5. The fraction of sp³-hybridized carbons (Fsp3) is 0.400. The van der Waals surface area contributed by atoms with Crippen molar-refractivity contribution >= 4 is 35.2 Å². The summed E-state index contributed by atoms with van der Waals surface area (Å²) in [5.74, 6) is 1.82. The Hall–Kier alpha value is -4.39. The summed E-state index contributed by atoms with van der Waals surface area (Å²) in [6.45, 7) is 6.99. The minimum absolute atomic E-state index is 0.0806. The average Bonchev–Trinajstić information content (AvgIpc) is 3.21. The van der Waals surface area contributed by atoms with Crippen LogP contribution in [0, 0.1) is 0 Å². The smallest absolute Gasteiger partial charge is 0.323 e. The van der Waals surface area contributed by atoms with Gasteiger partial charge in [-0.3, -0.25) is 4.79 Å². The predicted octanol–water partition coefficient (Wildman–Crippen LogP) is 1.87. The molecule has 0 atom stereocenters. The zero-order chi connectivity index (χ0) is 26.3. The van der Waals surface area contributed by atoms with E-state index >= 15 is 0 Å². The maximum atomic E-state index is 12.3. The molecule has 1 aromatic carbocycles. The second kappa shape index (κ2) is 11.8. The van der Waals surface area contributed by atoms with Crippen LogP contribution in [0.2, 0.25) is 0 Å². The Labute approximate surface area is 220 Å². The van der Waals surface area contributed by atoms with Gasteiger partial charge in [0.1, 0.15) is 0 Å². The van der Waals surface area contributed by atoms with Crippen molar-refractivity contribution in [2.45, 2.75) is 13.3 Å². The number of carbonyl (C=O) groups is 2. The lowest BCUT2D eigenvalue weighted by Crippen LogP contribution is -2.38. The Kier molecular flexibility index (Phi) is 7.83. The van der Waals surface area contributed by atoms with Crippen LogP contribution in [-0.4, -0.2) is 94.5 Å². The molecule has 2 aromatic heterocycles. The van der Waals surface area contributed by atoms with Gasteiger partial charge in [-0.1, -0.05) is 0 Å². The topological polar surface area (TPSA) is 142 Å². The zero-order valence-electron chi connectivity index (χ0n) is 21.2. The first-order valence-electron chi connectivity index (χ1n) is 12.6. The number of hydrogen-bond acceptors (Lipinski definition) is 10. The minimum atomic E-state index is -0.386. The summed E-state index contributed by atoms with van der Waals surface area (Å²) in [5, 5.41) is 13.0. The number of anilines is 4. The fourth-order valence-electron chi connectivity index (χ4n) is 4.32. The molecule has 0 saturated carbocycles. The van der Waals surface area contributed by atoms with Gasteiger partial charge in [-0.2, -0.15) is 25.1 Å². The SMILES string of the molecule is CC(=O)N1CCCN(c2nc(-c3ccc(NC(=O)Nc4ccnnc4)cc3)nc(N3CCOCC3)n2)CC1. The van der Waals surface area contributed by atoms with Crippen molar-refractivity contribution in [2.24, 2.45) is 0 Å². The molecule has 3 amide bonds. The molecule has 0 spiro atoms. The molecule has 5 rings (SSSR count). The third kappa shape index (κ3) is 6.29. The van der Waals surface area contributed by atoms with Crippen molar-refractivity contribution in [1.82, 2.24) is 30.0 Å². The number of rotatable bonds is 5. The van der Waals surface area contributed by atoms with Crippen LogP contribution in [0.3, 0.4) is 0 Å². The summed E-state index contributed by atoms with van der Waals surface area (Å²) in [6, 6.07) is 8.60. The number of nitrogens with zero attached hydrogens (tertiary/aromatic N) is 8. The van der Waals surface area contributed by atoms with E-state index in [-0.39, 0.29) is 11.9 Å². The van der Waals surface area contributed by atoms with Gasteiger partial charge >= 0.3 is 6.03 Å². The van der Waals surface area contributed by atoms with Crippen molar-refractivity contribution in [3.05, 3.63) is 42.7 Å². The maximum absolute atomic E-state index is 12.3. The van der Waals surface area contributed by atoms with Gasteiger partial charge in [0.25, 0.3) is 0 Å². The van der Waals surface area contributed by atoms with E-state index in [4.69, 9.17) is 19.7 Å². The van der Waals surface area contributed by atoms with Gasteiger partial charge in [0.2, 0.25) is 17.8 Å². The molecule has 2 saturated heterocycles. The highest BCUT2D eigenvalue weighted by Gasteiger charge is 2.22. The van der Waals surface area contributed by atoms with Gasteiger partial charge in [0.15, 0.2) is 5.82 Å². The highest BCUT2D eigenvalue weighted by molar-refractivity contribution is 5.99. The number of amides is 3. The molecule has 2 aliphatic heterocycles. The second-order valence-corrected chi connectivity index (χ2v) is 8.99. The molecule has 2 fully saturated rings. The first-order valence-corrected chi connectivity index (χ1v) is 12.6. The van der Waals surface area contributed by atoms with Crippen LogP contribution >= 0.6 is 0 Å². The Balaban J connectivity index is 1.36. The van der Waals surface area contributed by atoms with E-state index in [1.54, 1.807) is 25.1 Å². The number of morpholine rings is 1. The molecular weight excluding hydrogens is 488 g/mol. The number of urea groups is 1. The van der Waals surface area contributed by atoms with Gasteiger partial charge in [-0.05, 0) is 36.8 Å². The average molecular weight is 519 g/mol. The first kappa shape index (κ1) is 25.3. The summed E-state index contributed by atoms with van der Waals surface area (Å²) in [6.07, 6.45) is 3.81. The number of benzene rings is 1. The van der Waals surface area contributed by atoms with Gasteiger partial charge in [-0.25, -0.2) is 4.79 Å². The number of nitrogens with one attached hydrogen (secondary N) is 2. The van der Waals surface area contributed by atoms with Crippen LogP contribution in [0.4, 0.5) is 28.1 Å². The molecule has 0 aliphatic carbocycles. The Bertz CT molecular complexity index is 1250. The van der Waals surface area contributed by atoms with Crippen molar-refractivity contribution in [2.75, 3.05) is 72.9 Å². The van der Waals surface area contributed by atoms with E-state index in [9.17, 15) is 9.59 Å². The number of ether oxygens (including phenoxy) is 1. The fourth-order valence-corrected chi connectivity index (χ4v) is 4.32. The Morgan fingerprint density at radius 3 is 2.18 bits per heavy atom. The highest BCUT2D eigenvalue weighted by Crippen LogP contribution is 2.24. The zero-order valence-corrected chi connectivity index (χ0v) is 21.2. The van der Waals surface area contributed by atoms with Crippen LogP contribution in [0.25, 0.3) is 11.4 Å². The van der Waals surface area contributed by atoms with Crippen LogP contribution in [0.5, 0.6) is 0 Å². The number of carbonyl (C=O) groups excluding carboxylic acids is 2. The molecule has 198 valence electrons. The van der Waals surface area contributed by atoms with E-state index in [0.29, 0.717) is 68.5 Å². The van der Waals surface area contributed by atoms with Gasteiger partial charge < -0.3 is 30.1 Å². The van der Waals surface area contributed by atoms with Crippen molar-refractivity contribution in [3.8, 4) is 11.4 Å². The molecule has 0 radical (unpaired) electrons. The number of aromatic nitrogens is 5. The van der Waals surface area contributed by atoms with E-state index in [2.05, 4.69) is 30.6 Å². The molecule has 13 nitrogen and oxygen atoms in total. The first-order chi connectivity index (χ1) is 18.5. The molecule has 4 heterocycles. The lowest BCUT2D eigenvalue weighted by atomic mass is 10.2. The van der Waals surface area contributed by atoms with Crippen molar-refractivity contribution in [3.63, 3.8) is 0 Å². The molecule has 2 N–H and O–H groups in total. The summed E-state index contributed by atoms with van der Waals surface area (Å²) in [5.41, 5.74) is 1.96. The molecule has 38 heavy (non-hydrogen) atoms.